The largest absolute Gasteiger partial charge is 0.476 e. The number of hydrogen-bond acceptors (Lipinski definition) is 5. The Morgan fingerprint density at radius 1 is 1.48 bits per heavy atom. The van der Waals surface area contributed by atoms with Crippen LogP contribution in [-0.4, -0.2) is 44.8 Å². The number of hydrogen-bond donors (Lipinski definition) is 2. The molecule has 1 aliphatic heterocycles. The Hall–Kier alpha value is -2.09. The lowest BCUT2D eigenvalue weighted by Gasteiger charge is -2.39. The molecule has 1 amide bonds. The number of carboxylic acid groups (broad SMARTS) is 1. The molecular formula is C13H21N5O3. The number of carbonyl (C=O) groups is 2. The number of rotatable bonds is 6. The molecule has 2 heterocycles. The number of carboxylic acids is 1. The van der Waals surface area contributed by atoms with E-state index >= 15 is 0 Å². The molecule has 1 atom stereocenters. The van der Waals surface area contributed by atoms with Gasteiger partial charge in [0.05, 0.1) is 0 Å². The molecule has 2 N–H and O–H groups in total. The minimum Gasteiger partial charge on any atom is -0.476 e. The van der Waals surface area contributed by atoms with E-state index in [0.29, 0.717) is 0 Å². The van der Waals surface area contributed by atoms with E-state index in [2.05, 4.69) is 17.4 Å². The molecule has 0 bridgehead atoms. The molecular weight excluding hydrogens is 274 g/mol. The summed E-state index contributed by atoms with van der Waals surface area (Å²) in [5.41, 5.74) is 2.80. The summed E-state index contributed by atoms with van der Waals surface area (Å²) >= 11 is 0. The highest BCUT2D eigenvalue weighted by Gasteiger charge is 2.34. The van der Waals surface area contributed by atoms with Gasteiger partial charge in [0.25, 0.3) is 0 Å². The molecule has 0 saturated carbocycles. The van der Waals surface area contributed by atoms with Crippen molar-refractivity contribution in [3.05, 3.63) is 12.0 Å². The van der Waals surface area contributed by atoms with Gasteiger partial charge in [0.15, 0.2) is 11.5 Å². The fourth-order valence-corrected chi connectivity index (χ4v) is 2.40. The Balaban J connectivity index is 2.31. The Kier molecular flexibility index (Phi) is 4.46. The van der Waals surface area contributed by atoms with Gasteiger partial charge < -0.3 is 5.11 Å². The summed E-state index contributed by atoms with van der Waals surface area (Å²) in [4.78, 5) is 27.2. The number of aromatic nitrogens is 2. The normalized spacial score (nSPS) is 16.0. The van der Waals surface area contributed by atoms with Crippen molar-refractivity contribution in [3.8, 4) is 0 Å². The maximum absolute atomic E-state index is 12.0. The first kappa shape index (κ1) is 15.3. The van der Waals surface area contributed by atoms with Gasteiger partial charge in [-0.25, -0.2) is 24.1 Å². The molecule has 0 saturated heterocycles. The van der Waals surface area contributed by atoms with Gasteiger partial charge in [-0.3, -0.25) is 5.01 Å². The van der Waals surface area contributed by atoms with E-state index in [1.807, 2.05) is 6.92 Å². The molecule has 2 rings (SSSR count). The first-order valence-electron chi connectivity index (χ1n) is 7.11. The molecule has 0 spiro atoms. The van der Waals surface area contributed by atoms with Crippen molar-refractivity contribution in [1.82, 2.24) is 20.1 Å². The molecule has 8 heteroatoms. The zero-order chi connectivity index (χ0) is 15.6. The zero-order valence-electron chi connectivity index (χ0n) is 12.5. The highest BCUT2D eigenvalue weighted by atomic mass is 16.4. The lowest BCUT2D eigenvalue weighted by atomic mass is 10.1. The molecule has 8 nitrogen and oxygen atoms in total. The lowest BCUT2D eigenvalue weighted by molar-refractivity contribution is 0.0690. The van der Waals surface area contributed by atoms with Crippen LogP contribution in [0.3, 0.4) is 0 Å². The third kappa shape index (κ3) is 2.85. The van der Waals surface area contributed by atoms with Crippen LogP contribution in [-0.2, 0) is 0 Å². The average Bonchev–Trinajstić information content (AvgIpc) is 2.88. The zero-order valence-corrected chi connectivity index (χ0v) is 12.5. The number of fused-ring (bicyclic) bond motifs is 1. The lowest BCUT2D eigenvalue weighted by Crippen LogP contribution is -2.60. The number of nitrogens with zero attached hydrogens (tertiary/aromatic N) is 4. The van der Waals surface area contributed by atoms with Crippen LogP contribution in [0.15, 0.2) is 6.33 Å². The van der Waals surface area contributed by atoms with Crippen LogP contribution < -0.4 is 10.5 Å². The Morgan fingerprint density at radius 2 is 2.19 bits per heavy atom. The van der Waals surface area contributed by atoms with Gasteiger partial charge in [-0.15, -0.1) is 5.53 Å². The molecule has 1 aliphatic rings. The number of hydrazine groups is 2. The molecule has 0 aliphatic carbocycles. The van der Waals surface area contributed by atoms with Gasteiger partial charge in [-0.1, -0.05) is 26.2 Å². The summed E-state index contributed by atoms with van der Waals surface area (Å²) in [5, 5.41) is 12.3. The molecule has 21 heavy (non-hydrogen) atoms. The van der Waals surface area contributed by atoms with Crippen LogP contribution in [0.2, 0.25) is 0 Å². The number of unbranched alkanes of at least 4 members (excludes halogenated alkanes) is 2. The summed E-state index contributed by atoms with van der Waals surface area (Å²) in [5.74, 6) is -0.858. The van der Waals surface area contributed by atoms with E-state index in [0.717, 1.165) is 25.7 Å². The van der Waals surface area contributed by atoms with Gasteiger partial charge in [0.1, 0.15) is 6.33 Å². The summed E-state index contributed by atoms with van der Waals surface area (Å²) in [6.45, 7) is 4.13. The quantitative estimate of drug-likeness (QED) is 0.776. The van der Waals surface area contributed by atoms with Crippen LogP contribution in [0.4, 0.5) is 10.6 Å². The third-order valence-electron chi connectivity index (χ3n) is 3.59. The van der Waals surface area contributed by atoms with Gasteiger partial charge >= 0.3 is 12.0 Å². The Labute approximate surface area is 123 Å². The number of nitrogens with one attached hydrogen (secondary N) is 1. The average molecular weight is 295 g/mol. The van der Waals surface area contributed by atoms with Crippen molar-refractivity contribution >= 4 is 17.8 Å². The molecule has 1 aromatic rings. The highest BCUT2D eigenvalue weighted by Crippen LogP contribution is 2.26. The minimum absolute atomic E-state index is 0.0423. The van der Waals surface area contributed by atoms with E-state index in [9.17, 15) is 14.7 Å². The van der Waals surface area contributed by atoms with Crippen LogP contribution in [0.25, 0.3) is 0 Å². The predicted molar refractivity (Wildman–Crippen MR) is 77.0 cm³/mol. The molecule has 0 aromatic carbocycles. The van der Waals surface area contributed by atoms with Crippen molar-refractivity contribution in [1.29, 1.82) is 0 Å². The fraction of sp³-hybridized carbons (Fsp3) is 0.615. The van der Waals surface area contributed by atoms with Gasteiger partial charge in [-0.05, 0) is 13.3 Å². The first-order chi connectivity index (χ1) is 9.97. The van der Waals surface area contributed by atoms with Crippen LogP contribution >= 0.6 is 0 Å². The second kappa shape index (κ2) is 6.13. The molecule has 1 unspecified atom stereocenters. The van der Waals surface area contributed by atoms with E-state index in [1.54, 1.807) is 12.1 Å². The second-order valence-corrected chi connectivity index (χ2v) is 5.25. The second-order valence-electron chi connectivity index (χ2n) is 5.25. The van der Waals surface area contributed by atoms with Gasteiger partial charge in [0, 0.05) is 13.1 Å². The number of aromatic carboxylic acids is 1. The van der Waals surface area contributed by atoms with Crippen molar-refractivity contribution in [2.75, 3.05) is 12.1 Å². The minimum atomic E-state index is -1.14. The van der Waals surface area contributed by atoms with E-state index in [-0.39, 0.29) is 23.6 Å². The number of anilines is 1. The summed E-state index contributed by atoms with van der Waals surface area (Å²) in [7, 11) is 1.59. The van der Waals surface area contributed by atoms with Crippen LogP contribution in [0, 0.1) is 0 Å². The number of carbonyl (C=O) groups excluding carboxylic acids is 1. The van der Waals surface area contributed by atoms with Crippen molar-refractivity contribution in [2.45, 2.75) is 45.6 Å². The maximum atomic E-state index is 12.0. The summed E-state index contributed by atoms with van der Waals surface area (Å²) in [6, 6.07) is -0.317. The van der Waals surface area contributed by atoms with Gasteiger partial charge in [-0.2, -0.15) is 0 Å². The summed E-state index contributed by atoms with van der Waals surface area (Å²) < 4.78 is 1.26. The molecule has 0 fully saturated rings. The number of imidazole rings is 1. The van der Waals surface area contributed by atoms with Crippen LogP contribution in [0.1, 0.15) is 50.0 Å². The number of amides is 1. The van der Waals surface area contributed by atoms with E-state index in [1.165, 1.54) is 15.9 Å². The van der Waals surface area contributed by atoms with Crippen LogP contribution in [0.5, 0.6) is 0 Å². The van der Waals surface area contributed by atoms with E-state index in [4.69, 9.17) is 0 Å². The highest BCUT2D eigenvalue weighted by molar-refractivity contribution is 5.95. The predicted octanol–water partition coefficient (Wildman–Crippen LogP) is 1.69. The first-order valence-corrected chi connectivity index (χ1v) is 7.11. The third-order valence-corrected chi connectivity index (χ3v) is 3.59. The van der Waals surface area contributed by atoms with E-state index < -0.39 is 5.97 Å². The Bertz CT molecular complexity index is 542. The monoisotopic (exact) mass is 295 g/mol. The van der Waals surface area contributed by atoms with Crippen molar-refractivity contribution in [3.63, 3.8) is 0 Å². The summed E-state index contributed by atoms with van der Waals surface area (Å²) in [6.07, 6.45) is 5.44. The molecule has 0 radical (unpaired) electrons. The smallest absolute Gasteiger partial charge is 0.358 e. The van der Waals surface area contributed by atoms with Crippen molar-refractivity contribution < 1.29 is 14.7 Å². The maximum Gasteiger partial charge on any atom is 0.358 e. The topological polar surface area (TPSA) is 90.7 Å². The standard InChI is InChI=1S/C13H21N5O3/c1-4-5-6-7-9(2)18-11-10(12(19)20)14-8-17(11)13(21)16(3)15-18/h8-9,15H,4-7H2,1-3H3,(H,19,20). The van der Waals surface area contributed by atoms with Gasteiger partial charge in [0.2, 0.25) is 0 Å². The fourth-order valence-electron chi connectivity index (χ4n) is 2.40. The molecule has 116 valence electrons. The molecule has 1 aromatic heterocycles. The SMILES string of the molecule is CCCCCC(C)N1NN(C)C(=O)n2cnc(C(=O)O)c21. The van der Waals surface area contributed by atoms with Crippen molar-refractivity contribution in [2.24, 2.45) is 0 Å². The Morgan fingerprint density at radius 3 is 2.81 bits per heavy atom.